The predicted molar refractivity (Wildman–Crippen MR) is 81.9 cm³/mol. The summed E-state index contributed by atoms with van der Waals surface area (Å²) in [6, 6.07) is 23.1. The standard InChI is InChI=1S/C19H14N2/c20-15-19(16-21,18-12-5-2-6-13-18)14-8-7-11-17-9-3-1-4-10-17/h1-6,9-10,12-13H,7,11H2. The van der Waals surface area contributed by atoms with Crippen LogP contribution < -0.4 is 0 Å². The smallest absolute Gasteiger partial charge is 0.195 e. The molecule has 0 heterocycles. The molecule has 0 aliphatic rings. The van der Waals surface area contributed by atoms with Crippen LogP contribution in [0.3, 0.4) is 0 Å². The summed E-state index contributed by atoms with van der Waals surface area (Å²) in [7, 11) is 0. The second kappa shape index (κ2) is 6.95. The van der Waals surface area contributed by atoms with Crippen molar-refractivity contribution in [3.8, 4) is 24.0 Å². The van der Waals surface area contributed by atoms with Crippen LogP contribution in [-0.4, -0.2) is 0 Å². The zero-order chi connectivity index (χ0) is 15.0. The molecular weight excluding hydrogens is 256 g/mol. The van der Waals surface area contributed by atoms with Gasteiger partial charge in [-0.25, -0.2) is 0 Å². The van der Waals surface area contributed by atoms with Gasteiger partial charge in [0.05, 0.1) is 0 Å². The van der Waals surface area contributed by atoms with E-state index in [0.29, 0.717) is 12.0 Å². The number of aryl methyl sites for hydroxylation is 1. The minimum Gasteiger partial charge on any atom is -0.195 e. The van der Waals surface area contributed by atoms with E-state index < -0.39 is 5.41 Å². The van der Waals surface area contributed by atoms with E-state index in [9.17, 15) is 10.5 Å². The fraction of sp³-hybridized carbons (Fsp3) is 0.158. The molecule has 0 atom stereocenters. The Labute approximate surface area is 125 Å². The van der Waals surface area contributed by atoms with Crippen LogP contribution in [0.25, 0.3) is 0 Å². The number of hydrogen-bond acceptors (Lipinski definition) is 2. The van der Waals surface area contributed by atoms with E-state index in [4.69, 9.17) is 0 Å². The van der Waals surface area contributed by atoms with Crippen LogP contribution in [0.5, 0.6) is 0 Å². The van der Waals surface area contributed by atoms with Crippen LogP contribution in [0.1, 0.15) is 17.5 Å². The summed E-state index contributed by atoms with van der Waals surface area (Å²) in [6.45, 7) is 0. The van der Waals surface area contributed by atoms with E-state index in [1.54, 1.807) is 12.1 Å². The summed E-state index contributed by atoms with van der Waals surface area (Å²) in [5, 5.41) is 18.7. The number of rotatable bonds is 3. The molecule has 0 N–H and O–H groups in total. The lowest BCUT2D eigenvalue weighted by Crippen LogP contribution is -2.19. The van der Waals surface area contributed by atoms with E-state index in [1.165, 1.54) is 5.56 Å². The van der Waals surface area contributed by atoms with Crippen molar-refractivity contribution >= 4 is 0 Å². The predicted octanol–water partition coefficient (Wildman–Crippen LogP) is 3.61. The van der Waals surface area contributed by atoms with Gasteiger partial charge >= 0.3 is 0 Å². The summed E-state index contributed by atoms with van der Waals surface area (Å²) in [6.07, 6.45) is 1.44. The lowest BCUT2D eigenvalue weighted by Gasteiger charge is -2.11. The first-order valence-corrected chi connectivity index (χ1v) is 6.73. The van der Waals surface area contributed by atoms with E-state index in [2.05, 4.69) is 11.8 Å². The maximum Gasteiger partial charge on any atom is 0.228 e. The van der Waals surface area contributed by atoms with Crippen LogP contribution in [0.2, 0.25) is 0 Å². The number of nitrogens with zero attached hydrogens (tertiary/aromatic N) is 2. The van der Waals surface area contributed by atoms with Crippen molar-refractivity contribution in [3.05, 3.63) is 71.8 Å². The van der Waals surface area contributed by atoms with Gasteiger partial charge < -0.3 is 0 Å². The monoisotopic (exact) mass is 270 g/mol. The van der Waals surface area contributed by atoms with Crippen LogP contribution in [-0.2, 0) is 11.8 Å². The third-order valence-electron chi connectivity index (χ3n) is 3.20. The quantitative estimate of drug-likeness (QED) is 0.800. The van der Waals surface area contributed by atoms with Crippen LogP contribution >= 0.6 is 0 Å². The van der Waals surface area contributed by atoms with E-state index in [1.807, 2.05) is 60.7 Å². The van der Waals surface area contributed by atoms with Gasteiger partial charge in [0.25, 0.3) is 0 Å². The van der Waals surface area contributed by atoms with Gasteiger partial charge in [-0.3, -0.25) is 0 Å². The summed E-state index contributed by atoms with van der Waals surface area (Å²) < 4.78 is 0. The van der Waals surface area contributed by atoms with Gasteiger partial charge in [0.15, 0.2) is 0 Å². The highest BCUT2D eigenvalue weighted by Gasteiger charge is 2.29. The van der Waals surface area contributed by atoms with Crippen LogP contribution in [0, 0.1) is 34.5 Å². The van der Waals surface area contributed by atoms with Crippen molar-refractivity contribution in [2.75, 3.05) is 0 Å². The number of benzene rings is 2. The Kier molecular flexibility index (Phi) is 4.76. The molecular formula is C19H14N2. The minimum atomic E-state index is -1.38. The average Bonchev–Trinajstić information content (AvgIpc) is 2.57. The maximum atomic E-state index is 9.37. The first-order valence-electron chi connectivity index (χ1n) is 6.73. The zero-order valence-corrected chi connectivity index (χ0v) is 11.6. The van der Waals surface area contributed by atoms with Gasteiger partial charge in [0.2, 0.25) is 5.41 Å². The molecule has 0 aliphatic heterocycles. The molecule has 0 aromatic heterocycles. The van der Waals surface area contributed by atoms with Gasteiger partial charge in [-0.1, -0.05) is 72.5 Å². The highest BCUT2D eigenvalue weighted by molar-refractivity contribution is 5.50. The summed E-state index contributed by atoms with van der Waals surface area (Å²) in [4.78, 5) is 0. The number of nitriles is 2. The van der Waals surface area contributed by atoms with Gasteiger partial charge in [0, 0.05) is 6.42 Å². The fourth-order valence-corrected chi connectivity index (χ4v) is 2.02. The van der Waals surface area contributed by atoms with E-state index >= 15 is 0 Å². The molecule has 0 saturated heterocycles. The molecule has 0 saturated carbocycles. The number of hydrogen-bond donors (Lipinski definition) is 0. The Balaban J connectivity index is 2.14. The van der Waals surface area contributed by atoms with Crippen molar-refractivity contribution in [1.82, 2.24) is 0 Å². The molecule has 0 bridgehead atoms. The molecule has 2 aromatic rings. The van der Waals surface area contributed by atoms with Gasteiger partial charge in [-0.05, 0) is 17.5 Å². The molecule has 0 radical (unpaired) electrons. The lowest BCUT2D eigenvalue weighted by atomic mass is 9.84. The SMILES string of the molecule is N#CC(C#N)(C#CCCc1ccccc1)c1ccccc1. The minimum absolute atomic E-state index is 0.627. The maximum absolute atomic E-state index is 9.37. The Bertz CT molecular complexity index is 708. The molecule has 21 heavy (non-hydrogen) atoms. The summed E-state index contributed by atoms with van der Waals surface area (Å²) >= 11 is 0. The Morgan fingerprint density at radius 3 is 1.95 bits per heavy atom. The van der Waals surface area contributed by atoms with Crippen LogP contribution in [0.15, 0.2) is 60.7 Å². The molecule has 2 heteroatoms. The largest absolute Gasteiger partial charge is 0.228 e. The fourth-order valence-electron chi connectivity index (χ4n) is 2.02. The first kappa shape index (κ1) is 14.4. The topological polar surface area (TPSA) is 47.6 Å². The highest BCUT2D eigenvalue weighted by Crippen LogP contribution is 2.21. The molecule has 2 rings (SSSR count). The van der Waals surface area contributed by atoms with Gasteiger partial charge in [0.1, 0.15) is 12.1 Å². The third-order valence-corrected chi connectivity index (χ3v) is 3.20. The Morgan fingerprint density at radius 1 is 0.810 bits per heavy atom. The molecule has 2 aromatic carbocycles. The normalized spacial score (nSPS) is 9.81. The molecule has 0 spiro atoms. The zero-order valence-electron chi connectivity index (χ0n) is 11.6. The Hall–Kier alpha value is -3.02. The summed E-state index contributed by atoms with van der Waals surface area (Å²) in [5.74, 6) is 5.83. The third kappa shape index (κ3) is 3.50. The van der Waals surface area contributed by atoms with Crippen molar-refractivity contribution in [2.24, 2.45) is 0 Å². The summed E-state index contributed by atoms with van der Waals surface area (Å²) in [5.41, 5.74) is 0.450. The first-order chi connectivity index (χ1) is 10.3. The van der Waals surface area contributed by atoms with E-state index in [0.717, 1.165) is 6.42 Å². The van der Waals surface area contributed by atoms with Crippen molar-refractivity contribution < 1.29 is 0 Å². The highest BCUT2D eigenvalue weighted by atomic mass is 14.4. The molecule has 2 nitrogen and oxygen atoms in total. The second-order valence-corrected chi connectivity index (χ2v) is 4.63. The second-order valence-electron chi connectivity index (χ2n) is 4.63. The molecule has 0 amide bonds. The lowest BCUT2D eigenvalue weighted by molar-refractivity contribution is 0.918. The molecule has 100 valence electrons. The van der Waals surface area contributed by atoms with Gasteiger partial charge in [-0.15, -0.1) is 0 Å². The molecule has 0 unspecified atom stereocenters. The average molecular weight is 270 g/mol. The Morgan fingerprint density at radius 2 is 1.38 bits per heavy atom. The van der Waals surface area contributed by atoms with E-state index in [-0.39, 0.29) is 0 Å². The molecule has 0 fully saturated rings. The van der Waals surface area contributed by atoms with Crippen molar-refractivity contribution in [2.45, 2.75) is 18.3 Å². The van der Waals surface area contributed by atoms with Crippen LogP contribution in [0.4, 0.5) is 0 Å². The molecule has 0 aliphatic carbocycles. The van der Waals surface area contributed by atoms with Crippen molar-refractivity contribution in [3.63, 3.8) is 0 Å². The van der Waals surface area contributed by atoms with Crippen molar-refractivity contribution in [1.29, 1.82) is 10.5 Å². The van der Waals surface area contributed by atoms with Gasteiger partial charge in [-0.2, -0.15) is 10.5 Å².